The van der Waals surface area contributed by atoms with Gasteiger partial charge in [0.1, 0.15) is 4.83 Å². The molecule has 1 atom stereocenters. The lowest BCUT2D eigenvalue weighted by molar-refractivity contribution is -0.125. The van der Waals surface area contributed by atoms with E-state index in [9.17, 15) is 19.2 Å². The van der Waals surface area contributed by atoms with Gasteiger partial charge in [-0.05, 0) is 30.7 Å². The largest absolute Gasteiger partial charge is 0.354 e. The van der Waals surface area contributed by atoms with Crippen LogP contribution in [0.3, 0.4) is 0 Å². The highest BCUT2D eigenvalue weighted by molar-refractivity contribution is 8.14. The molecule has 0 spiro atoms. The Morgan fingerprint density at radius 3 is 2.91 bits per heavy atom. The number of carbonyl (C=O) groups is 3. The second kappa shape index (κ2) is 9.80. The fourth-order valence-corrected chi connectivity index (χ4v) is 6.90. The number of aromatic nitrogens is 2. The number of nitrogens with zero attached hydrogens (tertiary/aromatic N) is 3. The summed E-state index contributed by atoms with van der Waals surface area (Å²) < 4.78 is 1.58. The molecule has 170 valence electrons. The number of fused-ring (bicyclic) bond motifs is 3. The molecule has 0 bridgehead atoms. The summed E-state index contributed by atoms with van der Waals surface area (Å²) in [6.45, 7) is 6.66. The third kappa shape index (κ3) is 4.65. The molecule has 3 amide bonds. The first-order valence-corrected chi connectivity index (χ1v) is 13.2. The van der Waals surface area contributed by atoms with Crippen molar-refractivity contribution >= 4 is 62.1 Å². The molecule has 1 saturated heterocycles. The number of thioether (sulfide) groups is 2. The number of rotatable bonds is 8. The van der Waals surface area contributed by atoms with Gasteiger partial charge in [-0.2, -0.15) is 0 Å². The molecule has 0 saturated carbocycles. The monoisotopic (exact) mass is 492 g/mol. The summed E-state index contributed by atoms with van der Waals surface area (Å²) in [7, 11) is 0. The molecule has 8 nitrogen and oxygen atoms in total. The van der Waals surface area contributed by atoms with Gasteiger partial charge in [-0.25, -0.2) is 4.98 Å². The first-order valence-electron chi connectivity index (χ1n) is 10.4. The van der Waals surface area contributed by atoms with Crippen LogP contribution in [-0.2, 0) is 29.0 Å². The number of nitrogens with one attached hydrogen (secondary N) is 1. The van der Waals surface area contributed by atoms with Gasteiger partial charge in [0.2, 0.25) is 11.8 Å². The van der Waals surface area contributed by atoms with Crippen LogP contribution in [0.2, 0.25) is 0 Å². The lowest BCUT2D eigenvalue weighted by atomic mass is 9.89. The van der Waals surface area contributed by atoms with E-state index in [0.717, 1.165) is 46.3 Å². The fraction of sp³-hybridized carbons (Fsp3) is 0.476. The molecule has 11 heteroatoms. The third-order valence-corrected chi connectivity index (χ3v) is 8.51. The van der Waals surface area contributed by atoms with Crippen LogP contribution in [0.25, 0.3) is 10.2 Å². The molecule has 1 N–H and O–H groups in total. The van der Waals surface area contributed by atoms with Crippen molar-refractivity contribution in [3.05, 3.63) is 33.4 Å². The van der Waals surface area contributed by atoms with Crippen LogP contribution >= 0.6 is 34.9 Å². The Morgan fingerprint density at radius 1 is 1.38 bits per heavy atom. The van der Waals surface area contributed by atoms with Gasteiger partial charge in [0.05, 0.1) is 16.9 Å². The minimum absolute atomic E-state index is 0.0755. The van der Waals surface area contributed by atoms with Gasteiger partial charge < -0.3 is 5.32 Å². The molecule has 0 radical (unpaired) electrons. The number of amides is 3. The maximum Gasteiger partial charge on any atom is 0.288 e. The van der Waals surface area contributed by atoms with E-state index in [1.165, 1.54) is 16.6 Å². The van der Waals surface area contributed by atoms with Crippen molar-refractivity contribution in [2.45, 2.75) is 37.9 Å². The van der Waals surface area contributed by atoms with Crippen molar-refractivity contribution < 1.29 is 14.4 Å². The Labute approximate surface area is 197 Å². The van der Waals surface area contributed by atoms with Gasteiger partial charge in [-0.1, -0.05) is 36.5 Å². The van der Waals surface area contributed by atoms with Gasteiger partial charge in [0.25, 0.3) is 10.8 Å². The second-order valence-electron chi connectivity index (χ2n) is 7.87. The van der Waals surface area contributed by atoms with Crippen LogP contribution in [0.15, 0.2) is 22.6 Å². The minimum Gasteiger partial charge on any atom is -0.354 e. The Bertz CT molecular complexity index is 1140. The maximum atomic E-state index is 13.3. The van der Waals surface area contributed by atoms with Crippen molar-refractivity contribution in [2.75, 3.05) is 24.6 Å². The Balaban J connectivity index is 1.46. The number of allylic oxidation sites excluding steroid dienone is 1. The number of hydrogen-bond donors (Lipinski definition) is 1. The van der Waals surface area contributed by atoms with Crippen LogP contribution < -0.4 is 10.9 Å². The van der Waals surface area contributed by atoms with Crippen molar-refractivity contribution in [1.82, 2.24) is 19.8 Å². The summed E-state index contributed by atoms with van der Waals surface area (Å²) in [5.74, 6) is 0.354. The summed E-state index contributed by atoms with van der Waals surface area (Å²) in [6, 6.07) is 0. The number of hydrogen-bond acceptors (Lipinski definition) is 8. The molecule has 1 aliphatic heterocycles. The predicted molar refractivity (Wildman–Crippen MR) is 129 cm³/mol. The highest BCUT2D eigenvalue weighted by Gasteiger charge is 2.29. The standard InChI is InChI=1S/C21H24N4O4S3/c1-3-7-25-19(28)17-13-5-4-12(2)9-14(13)32-18(17)23-20(25)30-10-15(26)22-6-8-24-16(27)11-31-21(24)29/h3,12H,1,4-11H2,2H3,(H,22,26). The smallest absolute Gasteiger partial charge is 0.288 e. The summed E-state index contributed by atoms with van der Waals surface area (Å²) >= 11 is 3.76. The molecule has 2 aromatic rings. The van der Waals surface area contributed by atoms with Gasteiger partial charge in [0.15, 0.2) is 5.16 Å². The summed E-state index contributed by atoms with van der Waals surface area (Å²) in [4.78, 5) is 56.7. The second-order valence-corrected chi connectivity index (χ2v) is 10.8. The lowest BCUT2D eigenvalue weighted by Crippen LogP contribution is -2.38. The van der Waals surface area contributed by atoms with Crippen molar-refractivity contribution in [3.63, 3.8) is 0 Å². The molecule has 1 aliphatic carbocycles. The number of thiophene rings is 1. The van der Waals surface area contributed by atoms with Crippen LogP contribution in [0.1, 0.15) is 23.8 Å². The molecule has 0 aromatic carbocycles. The number of aryl methyl sites for hydroxylation is 1. The van der Waals surface area contributed by atoms with Gasteiger partial charge in [0, 0.05) is 24.5 Å². The topological polar surface area (TPSA) is 101 Å². The van der Waals surface area contributed by atoms with Crippen molar-refractivity contribution in [1.29, 1.82) is 0 Å². The van der Waals surface area contributed by atoms with Crippen LogP contribution in [-0.4, -0.2) is 56.1 Å². The predicted octanol–water partition coefficient (Wildman–Crippen LogP) is 2.67. The minimum atomic E-state index is -0.280. The average Bonchev–Trinajstić information content (AvgIpc) is 3.28. The Hall–Kier alpha value is -2.11. The highest BCUT2D eigenvalue weighted by atomic mass is 32.2. The molecule has 32 heavy (non-hydrogen) atoms. The van der Waals surface area contributed by atoms with Gasteiger partial charge >= 0.3 is 0 Å². The highest BCUT2D eigenvalue weighted by Crippen LogP contribution is 2.36. The van der Waals surface area contributed by atoms with Gasteiger partial charge in [-0.15, -0.1) is 17.9 Å². The quantitative estimate of drug-likeness (QED) is 0.343. The molecule has 1 unspecified atom stereocenters. The summed E-state index contributed by atoms with van der Waals surface area (Å²) in [5.41, 5.74) is 1.06. The van der Waals surface area contributed by atoms with E-state index < -0.39 is 0 Å². The van der Waals surface area contributed by atoms with E-state index in [0.29, 0.717) is 23.0 Å². The van der Waals surface area contributed by atoms with E-state index in [4.69, 9.17) is 4.98 Å². The zero-order valence-corrected chi connectivity index (χ0v) is 20.2. The Morgan fingerprint density at radius 2 is 2.19 bits per heavy atom. The molecule has 3 heterocycles. The number of imide groups is 1. The molecule has 2 aliphatic rings. The first-order chi connectivity index (χ1) is 15.4. The zero-order chi connectivity index (χ0) is 22.8. The first kappa shape index (κ1) is 23.1. The maximum absolute atomic E-state index is 13.3. The van der Waals surface area contributed by atoms with Gasteiger partial charge in [-0.3, -0.25) is 28.6 Å². The average molecular weight is 493 g/mol. The molecule has 4 rings (SSSR count). The molecular weight excluding hydrogens is 468 g/mol. The van der Waals surface area contributed by atoms with Crippen molar-refractivity contribution in [3.8, 4) is 0 Å². The Kier molecular flexibility index (Phi) is 7.06. The SMILES string of the molecule is C=CCn1c(SCC(=O)NCCN2C(=O)CSC2=O)nc2sc3c(c2c1=O)CCC(C)C3. The van der Waals surface area contributed by atoms with Crippen LogP contribution in [0.4, 0.5) is 4.79 Å². The normalized spacial score (nSPS) is 18.3. The summed E-state index contributed by atoms with van der Waals surface area (Å²) in [6.07, 6.45) is 4.60. The van der Waals surface area contributed by atoms with Crippen LogP contribution in [0, 0.1) is 5.92 Å². The number of carbonyl (C=O) groups excluding carboxylic acids is 3. The molecule has 1 fully saturated rings. The van der Waals surface area contributed by atoms with Crippen molar-refractivity contribution in [2.24, 2.45) is 5.92 Å². The van der Waals surface area contributed by atoms with E-state index in [2.05, 4.69) is 18.8 Å². The van der Waals surface area contributed by atoms with E-state index >= 15 is 0 Å². The summed E-state index contributed by atoms with van der Waals surface area (Å²) in [5, 5.41) is 3.65. The van der Waals surface area contributed by atoms with E-state index in [1.54, 1.807) is 22.0 Å². The third-order valence-electron chi connectivity index (χ3n) is 5.52. The molecule has 2 aromatic heterocycles. The van der Waals surface area contributed by atoms with E-state index in [-0.39, 0.29) is 47.2 Å². The zero-order valence-electron chi connectivity index (χ0n) is 17.7. The van der Waals surface area contributed by atoms with Crippen LogP contribution in [0.5, 0.6) is 0 Å². The molecular formula is C21H24N4O4S3. The fourth-order valence-electron chi connectivity index (χ4n) is 3.89. The lowest BCUT2D eigenvalue weighted by Gasteiger charge is -2.17. The van der Waals surface area contributed by atoms with E-state index in [1.807, 2.05) is 0 Å².